The highest BCUT2D eigenvalue weighted by Gasteiger charge is 2.49. The Kier molecular flexibility index (Phi) is 5.27. The number of rotatable bonds is 4. The van der Waals surface area contributed by atoms with Crippen LogP contribution in [0.2, 0.25) is 5.02 Å². The highest BCUT2D eigenvalue weighted by Crippen LogP contribution is 2.53. The molecule has 8 heteroatoms. The molecule has 1 heterocycles. The minimum absolute atomic E-state index is 0.158. The Balaban J connectivity index is 1.30. The molecule has 0 aromatic heterocycles. The van der Waals surface area contributed by atoms with Crippen molar-refractivity contribution in [3.8, 4) is 0 Å². The zero-order valence-electron chi connectivity index (χ0n) is 17.3. The minimum atomic E-state index is -3.77. The van der Waals surface area contributed by atoms with Gasteiger partial charge >= 0.3 is 10.2 Å². The fourth-order valence-corrected chi connectivity index (χ4v) is 8.55. The minimum Gasteiger partial charge on any atom is -0.351 e. The average molecular weight is 452 g/mol. The third-order valence-electron chi connectivity index (χ3n) is 7.78. The largest absolute Gasteiger partial charge is 0.351 e. The Morgan fingerprint density at radius 3 is 2.23 bits per heavy atom. The molecule has 6 rings (SSSR count). The molecule has 0 radical (unpaired) electrons. The molecular formula is C22H30ClN3O3S. The summed E-state index contributed by atoms with van der Waals surface area (Å²) < 4.78 is 29.4. The predicted molar refractivity (Wildman–Crippen MR) is 117 cm³/mol. The van der Waals surface area contributed by atoms with E-state index in [2.05, 4.69) is 5.32 Å². The molecule has 4 saturated carbocycles. The Morgan fingerprint density at radius 1 is 1.03 bits per heavy atom. The van der Waals surface area contributed by atoms with E-state index < -0.39 is 16.3 Å². The summed E-state index contributed by atoms with van der Waals surface area (Å²) in [7, 11) is -3.77. The number of benzene rings is 1. The second kappa shape index (κ2) is 7.68. The van der Waals surface area contributed by atoms with Crippen LogP contribution >= 0.6 is 11.6 Å². The Labute approximate surface area is 184 Å². The molecule has 30 heavy (non-hydrogen) atoms. The monoisotopic (exact) mass is 451 g/mol. The first-order chi connectivity index (χ1) is 14.3. The number of carbonyl (C=O) groups is 1. The Bertz CT molecular complexity index is 892. The fourth-order valence-electron chi connectivity index (χ4n) is 6.57. The van der Waals surface area contributed by atoms with Crippen LogP contribution in [0.4, 0.5) is 5.69 Å². The van der Waals surface area contributed by atoms with E-state index in [1.807, 2.05) is 0 Å². The van der Waals surface area contributed by atoms with Crippen molar-refractivity contribution in [2.45, 2.75) is 57.5 Å². The van der Waals surface area contributed by atoms with Crippen LogP contribution in [0.3, 0.4) is 0 Å². The highest BCUT2D eigenvalue weighted by molar-refractivity contribution is 7.90. The molecule has 1 unspecified atom stereocenters. The molecule has 4 bridgehead atoms. The standard InChI is InChI=1S/C22H30ClN3O3S/c1-14(22(27)24-21-17-10-15-9-16(12-17)13-18(21)11-15)25-7-2-8-26(30(25,28)29)20-5-3-19(23)4-6-20/h3-6,14-18,21H,2,7-13H2,1H3,(H,24,27). The maximum absolute atomic E-state index is 13.3. The lowest BCUT2D eigenvalue weighted by Crippen LogP contribution is -2.61. The van der Waals surface area contributed by atoms with Crippen molar-refractivity contribution in [2.24, 2.45) is 23.7 Å². The number of nitrogens with zero attached hydrogens (tertiary/aromatic N) is 2. The molecule has 1 aromatic rings. The molecule has 5 aliphatic rings. The number of nitrogens with one attached hydrogen (secondary N) is 1. The van der Waals surface area contributed by atoms with Gasteiger partial charge in [0.25, 0.3) is 0 Å². The summed E-state index contributed by atoms with van der Waals surface area (Å²) in [5.74, 6) is 2.66. The predicted octanol–water partition coefficient (Wildman–Crippen LogP) is 3.43. The average Bonchev–Trinajstić information content (AvgIpc) is 2.70. The first kappa shape index (κ1) is 20.6. The van der Waals surface area contributed by atoms with Crippen molar-refractivity contribution < 1.29 is 13.2 Å². The third-order valence-corrected chi connectivity index (χ3v) is 10.1. The van der Waals surface area contributed by atoms with Gasteiger partial charge in [-0.3, -0.25) is 9.10 Å². The maximum Gasteiger partial charge on any atom is 0.304 e. The zero-order chi connectivity index (χ0) is 21.0. The van der Waals surface area contributed by atoms with Crippen molar-refractivity contribution in [1.82, 2.24) is 9.62 Å². The topological polar surface area (TPSA) is 69.7 Å². The molecule has 1 saturated heterocycles. The van der Waals surface area contributed by atoms with Crippen LogP contribution in [0.1, 0.15) is 45.4 Å². The van der Waals surface area contributed by atoms with Crippen LogP contribution in [-0.2, 0) is 15.0 Å². The van der Waals surface area contributed by atoms with Crippen LogP contribution < -0.4 is 9.62 Å². The van der Waals surface area contributed by atoms with Crippen LogP contribution in [0.15, 0.2) is 24.3 Å². The number of anilines is 1. The number of hydrogen-bond donors (Lipinski definition) is 1. The fraction of sp³-hybridized carbons (Fsp3) is 0.682. The first-order valence-corrected chi connectivity index (χ1v) is 13.0. The normalized spacial score (nSPS) is 35.9. The van der Waals surface area contributed by atoms with E-state index in [-0.39, 0.29) is 11.9 Å². The van der Waals surface area contributed by atoms with Crippen molar-refractivity contribution in [3.63, 3.8) is 0 Å². The molecule has 0 spiro atoms. The van der Waals surface area contributed by atoms with Crippen LogP contribution in [0.5, 0.6) is 0 Å². The molecule has 6 nitrogen and oxygen atoms in total. The summed E-state index contributed by atoms with van der Waals surface area (Å²) in [6, 6.07) is 6.29. The van der Waals surface area contributed by atoms with Crippen LogP contribution in [0, 0.1) is 23.7 Å². The molecule has 1 amide bonds. The van der Waals surface area contributed by atoms with Gasteiger partial charge in [-0.05, 0) is 93.4 Å². The van der Waals surface area contributed by atoms with Gasteiger partial charge in [-0.2, -0.15) is 12.7 Å². The molecule has 4 aliphatic carbocycles. The summed E-state index contributed by atoms with van der Waals surface area (Å²) in [6.45, 7) is 2.49. The van der Waals surface area contributed by atoms with Crippen molar-refractivity contribution in [2.75, 3.05) is 17.4 Å². The van der Waals surface area contributed by atoms with E-state index >= 15 is 0 Å². The molecule has 1 atom stereocenters. The highest BCUT2D eigenvalue weighted by atomic mass is 35.5. The lowest BCUT2D eigenvalue weighted by molar-refractivity contribution is -0.128. The Morgan fingerprint density at radius 2 is 1.63 bits per heavy atom. The van der Waals surface area contributed by atoms with Gasteiger partial charge < -0.3 is 5.32 Å². The summed E-state index contributed by atoms with van der Waals surface area (Å²) >= 11 is 5.96. The zero-order valence-corrected chi connectivity index (χ0v) is 18.9. The van der Waals surface area contributed by atoms with E-state index in [1.165, 1.54) is 40.7 Å². The smallest absolute Gasteiger partial charge is 0.304 e. The lowest BCUT2D eigenvalue weighted by Gasteiger charge is -2.54. The quantitative estimate of drug-likeness (QED) is 0.762. The maximum atomic E-state index is 13.3. The SMILES string of the molecule is CC(C(=O)NC1C2CC3CC(C2)CC1C3)N1CCCN(c2ccc(Cl)cc2)S1(=O)=O. The van der Waals surface area contributed by atoms with Gasteiger partial charge in [-0.25, -0.2) is 0 Å². The van der Waals surface area contributed by atoms with E-state index in [1.54, 1.807) is 31.2 Å². The number of halogens is 1. The molecule has 164 valence electrons. The number of hydrogen-bond acceptors (Lipinski definition) is 3. The van der Waals surface area contributed by atoms with Gasteiger partial charge in [0.2, 0.25) is 5.91 Å². The van der Waals surface area contributed by atoms with Gasteiger partial charge in [-0.15, -0.1) is 0 Å². The van der Waals surface area contributed by atoms with E-state index in [4.69, 9.17) is 11.6 Å². The van der Waals surface area contributed by atoms with Crippen LogP contribution in [-0.4, -0.2) is 43.8 Å². The Hall–Kier alpha value is -1.31. The summed E-state index contributed by atoms with van der Waals surface area (Å²) in [5, 5.41) is 3.84. The van der Waals surface area contributed by atoms with Gasteiger partial charge in [0, 0.05) is 24.2 Å². The second-order valence-corrected chi connectivity index (χ2v) is 11.9. The molecule has 1 aliphatic heterocycles. The summed E-state index contributed by atoms with van der Waals surface area (Å²) in [5.41, 5.74) is 0.581. The first-order valence-electron chi connectivity index (χ1n) is 11.2. The van der Waals surface area contributed by atoms with Gasteiger partial charge in [-0.1, -0.05) is 11.6 Å². The van der Waals surface area contributed by atoms with E-state index in [0.717, 1.165) is 11.8 Å². The van der Waals surface area contributed by atoms with Gasteiger partial charge in [0.15, 0.2) is 0 Å². The van der Waals surface area contributed by atoms with E-state index in [0.29, 0.717) is 42.1 Å². The van der Waals surface area contributed by atoms with Crippen molar-refractivity contribution >= 4 is 33.4 Å². The van der Waals surface area contributed by atoms with Crippen LogP contribution in [0.25, 0.3) is 0 Å². The lowest BCUT2D eigenvalue weighted by atomic mass is 9.54. The van der Waals surface area contributed by atoms with Gasteiger partial charge in [0.05, 0.1) is 5.69 Å². The second-order valence-electron chi connectivity index (χ2n) is 9.66. The number of amides is 1. The summed E-state index contributed by atoms with van der Waals surface area (Å²) in [6.07, 6.45) is 6.93. The molecule has 5 fully saturated rings. The van der Waals surface area contributed by atoms with Gasteiger partial charge in [0.1, 0.15) is 6.04 Å². The van der Waals surface area contributed by atoms with E-state index in [9.17, 15) is 13.2 Å². The molecule has 1 N–H and O–H groups in total. The molecular weight excluding hydrogens is 422 g/mol. The third kappa shape index (κ3) is 3.53. The van der Waals surface area contributed by atoms with Crippen molar-refractivity contribution in [3.05, 3.63) is 29.3 Å². The molecule has 1 aromatic carbocycles. The summed E-state index contributed by atoms with van der Waals surface area (Å²) in [4.78, 5) is 13.2. The van der Waals surface area contributed by atoms with Crippen molar-refractivity contribution in [1.29, 1.82) is 0 Å². The number of carbonyl (C=O) groups excluding carboxylic acids is 1.